The zero-order valence-electron chi connectivity index (χ0n) is 14.2. The molecule has 0 saturated carbocycles. The fourth-order valence-electron chi connectivity index (χ4n) is 2.88. The first kappa shape index (κ1) is 17.5. The van der Waals surface area contributed by atoms with E-state index in [9.17, 15) is 14.4 Å². The minimum Gasteiger partial charge on any atom is -0.351 e. The Labute approximate surface area is 151 Å². The van der Waals surface area contributed by atoms with Crippen molar-refractivity contribution >= 4 is 29.2 Å². The van der Waals surface area contributed by atoms with Crippen LogP contribution in [0.15, 0.2) is 48.5 Å². The van der Waals surface area contributed by atoms with Crippen molar-refractivity contribution in [3.05, 3.63) is 59.7 Å². The molecule has 0 aromatic heterocycles. The molecule has 1 aliphatic heterocycles. The summed E-state index contributed by atoms with van der Waals surface area (Å²) in [5.74, 6) is -0.104. The zero-order chi connectivity index (χ0) is 18.5. The SMILES string of the molecule is NC(=O)Nc1cccc(C(=O)NCc2ccc(N3CCCC3=O)cc2)c1. The summed E-state index contributed by atoms with van der Waals surface area (Å²) in [6.45, 7) is 1.12. The lowest BCUT2D eigenvalue weighted by Gasteiger charge is -2.16. The summed E-state index contributed by atoms with van der Waals surface area (Å²) in [5.41, 5.74) is 7.78. The first-order valence-electron chi connectivity index (χ1n) is 8.37. The van der Waals surface area contributed by atoms with Gasteiger partial charge in [-0.05, 0) is 42.3 Å². The van der Waals surface area contributed by atoms with Crippen LogP contribution in [-0.4, -0.2) is 24.4 Å². The van der Waals surface area contributed by atoms with Gasteiger partial charge in [-0.2, -0.15) is 0 Å². The molecule has 1 aliphatic rings. The second-order valence-electron chi connectivity index (χ2n) is 6.07. The first-order chi connectivity index (χ1) is 12.5. The number of benzene rings is 2. The van der Waals surface area contributed by atoms with E-state index < -0.39 is 6.03 Å². The number of nitrogens with two attached hydrogens (primary N) is 1. The molecule has 134 valence electrons. The lowest BCUT2D eigenvalue weighted by atomic mass is 10.1. The predicted molar refractivity (Wildman–Crippen MR) is 98.8 cm³/mol. The second-order valence-corrected chi connectivity index (χ2v) is 6.07. The molecule has 1 saturated heterocycles. The lowest BCUT2D eigenvalue weighted by molar-refractivity contribution is -0.117. The number of urea groups is 1. The summed E-state index contributed by atoms with van der Waals surface area (Å²) < 4.78 is 0. The van der Waals surface area contributed by atoms with Gasteiger partial charge in [-0.15, -0.1) is 0 Å². The van der Waals surface area contributed by atoms with E-state index in [0.717, 1.165) is 24.2 Å². The van der Waals surface area contributed by atoms with Gasteiger partial charge in [-0.25, -0.2) is 4.79 Å². The predicted octanol–water partition coefficient (Wildman–Crippen LogP) is 2.23. The standard InChI is InChI=1S/C19H20N4O3/c20-19(26)22-15-4-1-3-14(11-15)18(25)21-12-13-6-8-16(9-7-13)23-10-2-5-17(23)24/h1,3-4,6-9,11H,2,5,10,12H2,(H,21,25)(H3,20,22,26). The molecule has 7 heteroatoms. The molecule has 4 amide bonds. The van der Waals surface area contributed by atoms with E-state index >= 15 is 0 Å². The van der Waals surface area contributed by atoms with Crippen molar-refractivity contribution in [1.82, 2.24) is 5.32 Å². The van der Waals surface area contributed by atoms with Crippen LogP contribution < -0.4 is 21.3 Å². The van der Waals surface area contributed by atoms with Crippen molar-refractivity contribution in [2.45, 2.75) is 19.4 Å². The van der Waals surface area contributed by atoms with Crippen LogP contribution in [0.4, 0.5) is 16.2 Å². The van der Waals surface area contributed by atoms with E-state index in [1.54, 1.807) is 29.2 Å². The summed E-state index contributed by atoms with van der Waals surface area (Å²) in [6.07, 6.45) is 1.49. The third-order valence-electron chi connectivity index (χ3n) is 4.17. The van der Waals surface area contributed by atoms with Crippen LogP contribution in [0, 0.1) is 0 Å². The van der Waals surface area contributed by atoms with Crippen molar-refractivity contribution in [3.8, 4) is 0 Å². The topological polar surface area (TPSA) is 105 Å². The monoisotopic (exact) mass is 352 g/mol. The minimum absolute atomic E-state index is 0.149. The van der Waals surface area contributed by atoms with Crippen molar-refractivity contribution in [2.75, 3.05) is 16.8 Å². The molecular formula is C19H20N4O3. The number of nitrogens with one attached hydrogen (secondary N) is 2. The Kier molecular flexibility index (Phi) is 5.17. The quantitative estimate of drug-likeness (QED) is 0.768. The lowest BCUT2D eigenvalue weighted by Crippen LogP contribution is -2.24. The van der Waals surface area contributed by atoms with Crippen molar-refractivity contribution < 1.29 is 14.4 Å². The number of nitrogens with zero attached hydrogens (tertiary/aromatic N) is 1. The highest BCUT2D eigenvalue weighted by molar-refractivity contribution is 5.97. The van der Waals surface area contributed by atoms with Crippen LogP contribution in [0.2, 0.25) is 0 Å². The number of primary amides is 1. The highest BCUT2D eigenvalue weighted by Gasteiger charge is 2.21. The van der Waals surface area contributed by atoms with E-state index in [0.29, 0.717) is 24.2 Å². The maximum atomic E-state index is 12.3. The Hall–Kier alpha value is -3.35. The fourth-order valence-corrected chi connectivity index (χ4v) is 2.88. The Morgan fingerprint density at radius 3 is 2.54 bits per heavy atom. The summed E-state index contributed by atoms with van der Waals surface area (Å²) in [6, 6.07) is 13.4. The first-order valence-corrected chi connectivity index (χ1v) is 8.37. The van der Waals surface area contributed by atoms with Crippen molar-refractivity contribution in [2.24, 2.45) is 5.73 Å². The smallest absolute Gasteiger partial charge is 0.316 e. The summed E-state index contributed by atoms with van der Waals surface area (Å²) in [7, 11) is 0. The molecule has 1 heterocycles. The number of anilines is 2. The molecule has 0 aliphatic carbocycles. The number of hydrogen-bond donors (Lipinski definition) is 3. The Balaban J connectivity index is 1.59. The molecule has 4 N–H and O–H groups in total. The molecule has 0 atom stereocenters. The summed E-state index contributed by atoms with van der Waals surface area (Å²) >= 11 is 0. The normalized spacial score (nSPS) is 13.5. The summed E-state index contributed by atoms with van der Waals surface area (Å²) in [5, 5.41) is 5.27. The van der Waals surface area contributed by atoms with Gasteiger partial charge < -0.3 is 21.3 Å². The molecule has 0 unspecified atom stereocenters. The maximum Gasteiger partial charge on any atom is 0.316 e. The Morgan fingerprint density at radius 1 is 1.12 bits per heavy atom. The molecule has 0 spiro atoms. The van der Waals surface area contributed by atoms with Crippen LogP contribution in [-0.2, 0) is 11.3 Å². The highest BCUT2D eigenvalue weighted by atomic mass is 16.2. The van der Waals surface area contributed by atoms with Gasteiger partial charge in [0.2, 0.25) is 5.91 Å². The summed E-state index contributed by atoms with van der Waals surface area (Å²) in [4.78, 5) is 36.7. The number of amides is 4. The van der Waals surface area contributed by atoms with Crippen LogP contribution in [0.25, 0.3) is 0 Å². The number of carbonyl (C=O) groups is 3. The largest absolute Gasteiger partial charge is 0.351 e. The average Bonchev–Trinajstić information content (AvgIpc) is 3.06. The third kappa shape index (κ3) is 4.18. The van der Waals surface area contributed by atoms with Gasteiger partial charge >= 0.3 is 6.03 Å². The molecule has 7 nitrogen and oxygen atoms in total. The van der Waals surface area contributed by atoms with Gasteiger partial charge in [0.25, 0.3) is 5.91 Å². The average molecular weight is 352 g/mol. The van der Waals surface area contributed by atoms with Crippen molar-refractivity contribution in [3.63, 3.8) is 0 Å². The van der Waals surface area contributed by atoms with Crippen LogP contribution >= 0.6 is 0 Å². The van der Waals surface area contributed by atoms with Crippen LogP contribution in [0.3, 0.4) is 0 Å². The van der Waals surface area contributed by atoms with Gasteiger partial charge in [0.15, 0.2) is 0 Å². The Bertz CT molecular complexity index is 833. The highest BCUT2D eigenvalue weighted by Crippen LogP contribution is 2.21. The van der Waals surface area contributed by atoms with Crippen LogP contribution in [0.5, 0.6) is 0 Å². The van der Waals surface area contributed by atoms with Gasteiger partial charge in [0, 0.05) is 36.4 Å². The molecule has 3 rings (SSSR count). The van der Waals surface area contributed by atoms with Gasteiger partial charge in [0.05, 0.1) is 0 Å². The van der Waals surface area contributed by atoms with E-state index in [1.807, 2.05) is 24.3 Å². The molecular weight excluding hydrogens is 332 g/mol. The van der Waals surface area contributed by atoms with Crippen LogP contribution in [0.1, 0.15) is 28.8 Å². The van der Waals surface area contributed by atoms with Crippen molar-refractivity contribution in [1.29, 1.82) is 0 Å². The molecule has 2 aromatic rings. The molecule has 1 fully saturated rings. The van der Waals surface area contributed by atoms with E-state index in [2.05, 4.69) is 10.6 Å². The number of hydrogen-bond acceptors (Lipinski definition) is 3. The molecule has 26 heavy (non-hydrogen) atoms. The van der Waals surface area contributed by atoms with E-state index in [1.165, 1.54) is 0 Å². The zero-order valence-corrected chi connectivity index (χ0v) is 14.2. The number of carbonyl (C=O) groups excluding carboxylic acids is 3. The maximum absolute atomic E-state index is 12.3. The fraction of sp³-hybridized carbons (Fsp3) is 0.211. The van der Waals surface area contributed by atoms with E-state index in [-0.39, 0.29) is 11.8 Å². The third-order valence-corrected chi connectivity index (χ3v) is 4.17. The molecule has 2 aromatic carbocycles. The molecule has 0 radical (unpaired) electrons. The van der Waals surface area contributed by atoms with Gasteiger partial charge in [0.1, 0.15) is 0 Å². The molecule has 0 bridgehead atoms. The minimum atomic E-state index is -0.681. The van der Waals surface area contributed by atoms with E-state index in [4.69, 9.17) is 5.73 Å². The second kappa shape index (κ2) is 7.69. The van der Waals surface area contributed by atoms with Gasteiger partial charge in [-0.3, -0.25) is 9.59 Å². The number of rotatable bonds is 5. The van der Waals surface area contributed by atoms with Gasteiger partial charge in [-0.1, -0.05) is 18.2 Å². The Morgan fingerprint density at radius 2 is 1.88 bits per heavy atom.